The highest BCUT2D eigenvalue weighted by molar-refractivity contribution is 7.89. The van der Waals surface area contributed by atoms with E-state index >= 15 is 0 Å². The second kappa shape index (κ2) is 5.27. The summed E-state index contributed by atoms with van der Waals surface area (Å²) in [6.45, 7) is 2.73. The second-order valence-corrected chi connectivity index (χ2v) is 7.10. The highest BCUT2D eigenvalue weighted by Gasteiger charge is 2.35. The Kier molecular flexibility index (Phi) is 3.61. The molecule has 7 nitrogen and oxygen atoms in total. The lowest BCUT2D eigenvalue weighted by Gasteiger charge is -2.33. The fraction of sp³-hybridized carbons (Fsp3) is 0.667. The van der Waals surface area contributed by atoms with Crippen molar-refractivity contribution in [2.45, 2.75) is 23.8 Å². The van der Waals surface area contributed by atoms with Gasteiger partial charge in [0.05, 0.1) is 12.4 Å². The number of sulfonamides is 1. The molecule has 2 heterocycles. The Labute approximate surface area is 119 Å². The van der Waals surface area contributed by atoms with E-state index in [0.717, 1.165) is 13.1 Å². The van der Waals surface area contributed by atoms with Crippen molar-refractivity contribution in [3.05, 3.63) is 12.4 Å². The van der Waals surface area contributed by atoms with Gasteiger partial charge in [0.1, 0.15) is 4.90 Å². The number of nitrogens with zero attached hydrogens (tertiary/aromatic N) is 4. The molecule has 1 aromatic heterocycles. The summed E-state index contributed by atoms with van der Waals surface area (Å²) >= 11 is 0. The number of nitrogens with one attached hydrogen (secondary N) is 1. The molecule has 20 heavy (non-hydrogen) atoms. The van der Waals surface area contributed by atoms with Gasteiger partial charge in [-0.05, 0) is 12.8 Å². The van der Waals surface area contributed by atoms with Crippen molar-refractivity contribution in [1.29, 1.82) is 0 Å². The van der Waals surface area contributed by atoms with Gasteiger partial charge in [0.25, 0.3) is 0 Å². The van der Waals surface area contributed by atoms with Crippen molar-refractivity contribution >= 4 is 16.0 Å². The Balaban J connectivity index is 1.71. The maximum absolute atomic E-state index is 12.5. The van der Waals surface area contributed by atoms with Crippen LogP contribution in [0.1, 0.15) is 12.8 Å². The molecule has 1 aliphatic heterocycles. The number of rotatable bonds is 4. The number of hydrogen-bond donors (Lipinski definition) is 1. The molecule has 0 radical (unpaired) electrons. The van der Waals surface area contributed by atoms with E-state index in [-0.39, 0.29) is 4.90 Å². The summed E-state index contributed by atoms with van der Waals surface area (Å²) in [4.78, 5) is 10.5. The Morgan fingerprint density at radius 1 is 1.15 bits per heavy atom. The predicted molar refractivity (Wildman–Crippen MR) is 74.9 cm³/mol. The van der Waals surface area contributed by atoms with Crippen LogP contribution in [0.25, 0.3) is 0 Å². The molecule has 1 aromatic rings. The zero-order valence-corrected chi connectivity index (χ0v) is 12.3. The molecule has 0 bridgehead atoms. The fourth-order valence-electron chi connectivity index (χ4n) is 2.48. The van der Waals surface area contributed by atoms with Crippen LogP contribution in [-0.4, -0.2) is 66.9 Å². The number of anilines is 1. The van der Waals surface area contributed by atoms with E-state index in [1.807, 2.05) is 0 Å². The van der Waals surface area contributed by atoms with Crippen LogP contribution in [0.4, 0.5) is 5.95 Å². The fourth-order valence-corrected chi connectivity index (χ4v) is 3.79. The molecule has 1 saturated carbocycles. The van der Waals surface area contributed by atoms with E-state index in [2.05, 4.69) is 20.2 Å². The summed E-state index contributed by atoms with van der Waals surface area (Å²) in [7, 11) is -1.77. The van der Waals surface area contributed by atoms with Gasteiger partial charge in [-0.25, -0.2) is 18.4 Å². The van der Waals surface area contributed by atoms with E-state index in [0.29, 0.717) is 25.1 Å². The lowest BCUT2D eigenvalue weighted by molar-refractivity contribution is 0.180. The number of hydrogen-bond acceptors (Lipinski definition) is 6. The van der Waals surface area contributed by atoms with Gasteiger partial charge in [-0.3, -0.25) is 4.90 Å². The molecule has 1 aliphatic carbocycles. The summed E-state index contributed by atoms with van der Waals surface area (Å²) < 4.78 is 26.5. The molecule has 0 aromatic carbocycles. The smallest absolute Gasteiger partial charge is 0.246 e. The first-order valence-corrected chi connectivity index (χ1v) is 8.29. The van der Waals surface area contributed by atoms with E-state index in [1.165, 1.54) is 29.5 Å². The SMILES string of the molecule is CNc1ncc(S(=O)(=O)N2CCN(C3CC3)CC2)cn1. The van der Waals surface area contributed by atoms with Gasteiger partial charge < -0.3 is 5.32 Å². The first-order chi connectivity index (χ1) is 9.61. The third-order valence-corrected chi connectivity index (χ3v) is 5.68. The van der Waals surface area contributed by atoms with Crippen molar-refractivity contribution in [2.75, 3.05) is 38.5 Å². The first-order valence-electron chi connectivity index (χ1n) is 6.85. The Morgan fingerprint density at radius 3 is 2.25 bits per heavy atom. The summed E-state index contributed by atoms with van der Waals surface area (Å²) in [5.41, 5.74) is 0. The normalized spacial score (nSPS) is 21.9. The zero-order valence-electron chi connectivity index (χ0n) is 11.5. The maximum atomic E-state index is 12.5. The van der Waals surface area contributed by atoms with E-state index in [1.54, 1.807) is 7.05 Å². The molecule has 0 amide bonds. The Bertz CT molecular complexity index is 562. The van der Waals surface area contributed by atoms with Crippen molar-refractivity contribution in [1.82, 2.24) is 19.2 Å². The molecule has 3 rings (SSSR count). The van der Waals surface area contributed by atoms with Crippen molar-refractivity contribution in [3.63, 3.8) is 0 Å². The lowest BCUT2D eigenvalue weighted by atomic mass is 10.3. The van der Waals surface area contributed by atoms with Crippen LogP contribution in [0.5, 0.6) is 0 Å². The van der Waals surface area contributed by atoms with Crippen LogP contribution in [0.2, 0.25) is 0 Å². The van der Waals surface area contributed by atoms with Gasteiger partial charge in [0, 0.05) is 39.3 Å². The quantitative estimate of drug-likeness (QED) is 0.842. The van der Waals surface area contributed by atoms with Crippen molar-refractivity contribution in [3.8, 4) is 0 Å². The third kappa shape index (κ3) is 2.63. The van der Waals surface area contributed by atoms with Crippen LogP contribution in [0.15, 0.2) is 17.3 Å². The lowest BCUT2D eigenvalue weighted by Crippen LogP contribution is -2.49. The maximum Gasteiger partial charge on any atom is 0.246 e. The second-order valence-electron chi connectivity index (χ2n) is 5.16. The molecular formula is C12H19N5O2S. The van der Waals surface area contributed by atoms with E-state index < -0.39 is 10.0 Å². The Hall–Kier alpha value is -1.25. The zero-order chi connectivity index (χ0) is 14.2. The van der Waals surface area contributed by atoms with Gasteiger partial charge in [-0.15, -0.1) is 0 Å². The highest BCUT2D eigenvalue weighted by atomic mass is 32.2. The van der Waals surface area contributed by atoms with Crippen LogP contribution < -0.4 is 5.32 Å². The molecule has 2 aliphatic rings. The van der Waals surface area contributed by atoms with Crippen LogP contribution in [-0.2, 0) is 10.0 Å². The van der Waals surface area contributed by atoms with Gasteiger partial charge in [-0.1, -0.05) is 0 Å². The molecule has 8 heteroatoms. The third-order valence-electron chi connectivity index (χ3n) is 3.83. The van der Waals surface area contributed by atoms with Crippen molar-refractivity contribution in [2.24, 2.45) is 0 Å². The van der Waals surface area contributed by atoms with Crippen LogP contribution >= 0.6 is 0 Å². The Morgan fingerprint density at radius 2 is 1.75 bits per heavy atom. The minimum Gasteiger partial charge on any atom is -0.357 e. The van der Waals surface area contributed by atoms with Gasteiger partial charge in [0.2, 0.25) is 16.0 Å². The summed E-state index contributed by atoms with van der Waals surface area (Å²) in [6, 6.07) is 0.693. The minimum absolute atomic E-state index is 0.163. The summed E-state index contributed by atoms with van der Waals surface area (Å²) in [5.74, 6) is 0.419. The molecule has 2 fully saturated rings. The average Bonchev–Trinajstić information content (AvgIpc) is 3.32. The molecule has 0 unspecified atom stereocenters. The first kappa shape index (κ1) is 13.7. The molecule has 0 atom stereocenters. The highest BCUT2D eigenvalue weighted by Crippen LogP contribution is 2.28. The monoisotopic (exact) mass is 297 g/mol. The molecule has 1 N–H and O–H groups in total. The summed E-state index contributed by atoms with van der Waals surface area (Å²) in [6.07, 6.45) is 5.24. The van der Waals surface area contributed by atoms with Gasteiger partial charge >= 0.3 is 0 Å². The van der Waals surface area contributed by atoms with Gasteiger partial charge in [-0.2, -0.15) is 4.31 Å². The van der Waals surface area contributed by atoms with E-state index in [4.69, 9.17) is 0 Å². The molecule has 0 spiro atoms. The average molecular weight is 297 g/mol. The van der Waals surface area contributed by atoms with Crippen LogP contribution in [0, 0.1) is 0 Å². The molecule has 110 valence electrons. The molecule has 1 saturated heterocycles. The number of piperazine rings is 1. The standard InChI is InChI=1S/C12H19N5O2S/c1-13-12-14-8-11(9-15-12)20(18,19)17-6-4-16(5-7-17)10-2-3-10/h8-10H,2-7H2,1H3,(H,13,14,15). The van der Waals surface area contributed by atoms with Crippen molar-refractivity contribution < 1.29 is 8.42 Å². The topological polar surface area (TPSA) is 78.4 Å². The minimum atomic E-state index is -3.46. The predicted octanol–water partition coefficient (Wildman–Crippen LogP) is -0.0130. The van der Waals surface area contributed by atoms with Crippen LogP contribution in [0.3, 0.4) is 0 Å². The number of aromatic nitrogens is 2. The largest absolute Gasteiger partial charge is 0.357 e. The van der Waals surface area contributed by atoms with E-state index in [9.17, 15) is 8.42 Å². The molecular weight excluding hydrogens is 278 g/mol. The summed E-state index contributed by atoms with van der Waals surface area (Å²) in [5, 5.41) is 2.77. The van der Waals surface area contributed by atoms with Gasteiger partial charge in [0.15, 0.2) is 0 Å².